The molecule has 0 bridgehead atoms. The molecule has 0 aromatic heterocycles. The van der Waals surface area contributed by atoms with E-state index in [9.17, 15) is 9.18 Å². The topological polar surface area (TPSA) is 50.4 Å². The standard InChI is InChI=1S/C18H27FN2O2/c1-14(10-15-4-3-5-16(19)11-15)17(22)21-12-18(13-23-2)6-8-20-9-7-18/h3-5,11,14,20H,6-10,12-13H2,1-2H3,(H,21,22). The molecule has 0 spiro atoms. The van der Waals surface area contributed by atoms with Crippen molar-refractivity contribution < 1.29 is 13.9 Å². The SMILES string of the molecule is COCC1(CNC(=O)C(C)Cc2cccc(F)c2)CCNCC1. The highest BCUT2D eigenvalue weighted by Crippen LogP contribution is 2.28. The van der Waals surface area contributed by atoms with Crippen LogP contribution in [0.1, 0.15) is 25.3 Å². The number of halogens is 1. The highest BCUT2D eigenvalue weighted by atomic mass is 19.1. The zero-order valence-corrected chi connectivity index (χ0v) is 14.0. The quantitative estimate of drug-likeness (QED) is 0.809. The van der Waals surface area contributed by atoms with Crippen molar-refractivity contribution in [2.24, 2.45) is 11.3 Å². The maximum absolute atomic E-state index is 13.2. The fraction of sp³-hybridized carbons (Fsp3) is 0.611. The van der Waals surface area contributed by atoms with Crippen LogP contribution < -0.4 is 10.6 Å². The molecule has 1 amide bonds. The number of amides is 1. The number of hydrogen-bond acceptors (Lipinski definition) is 3. The van der Waals surface area contributed by atoms with Gasteiger partial charge < -0.3 is 15.4 Å². The zero-order chi connectivity index (χ0) is 16.7. The number of piperidine rings is 1. The van der Waals surface area contributed by atoms with E-state index in [1.165, 1.54) is 12.1 Å². The summed E-state index contributed by atoms with van der Waals surface area (Å²) in [6.45, 7) is 5.09. The van der Waals surface area contributed by atoms with Gasteiger partial charge >= 0.3 is 0 Å². The molecular formula is C18H27FN2O2. The Morgan fingerprint density at radius 2 is 2.17 bits per heavy atom. The Labute approximate surface area is 137 Å². The van der Waals surface area contributed by atoms with Gasteiger partial charge in [-0.05, 0) is 50.0 Å². The van der Waals surface area contributed by atoms with Crippen molar-refractivity contribution in [3.8, 4) is 0 Å². The van der Waals surface area contributed by atoms with Crippen LogP contribution in [0, 0.1) is 17.2 Å². The van der Waals surface area contributed by atoms with Gasteiger partial charge in [0.2, 0.25) is 5.91 Å². The van der Waals surface area contributed by atoms with E-state index in [1.54, 1.807) is 13.2 Å². The van der Waals surface area contributed by atoms with Gasteiger partial charge in [-0.3, -0.25) is 4.79 Å². The number of ether oxygens (including phenoxy) is 1. The van der Waals surface area contributed by atoms with E-state index in [2.05, 4.69) is 10.6 Å². The van der Waals surface area contributed by atoms with Gasteiger partial charge in [-0.1, -0.05) is 19.1 Å². The molecule has 2 rings (SSSR count). The molecule has 1 unspecified atom stereocenters. The van der Waals surface area contributed by atoms with Crippen LogP contribution in [0.4, 0.5) is 4.39 Å². The van der Waals surface area contributed by atoms with Crippen LogP contribution in [0.5, 0.6) is 0 Å². The van der Waals surface area contributed by atoms with Crippen molar-refractivity contribution in [3.63, 3.8) is 0 Å². The summed E-state index contributed by atoms with van der Waals surface area (Å²) in [5, 5.41) is 6.41. The van der Waals surface area contributed by atoms with Gasteiger partial charge in [0.05, 0.1) is 6.61 Å². The molecule has 0 radical (unpaired) electrons. The van der Waals surface area contributed by atoms with E-state index in [1.807, 2.05) is 13.0 Å². The van der Waals surface area contributed by atoms with Gasteiger partial charge in [0.1, 0.15) is 5.82 Å². The molecule has 5 heteroatoms. The molecule has 1 heterocycles. The Hall–Kier alpha value is -1.46. The maximum Gasteiger partial charge on any atom is 0.223 e. The Kier molecular flexibility index (Phi) is 6.54. The molecule has 1 saturated heterocycles. The van der Waals surface area contributed by atoms with Crippen molar-refractivity contribution in [3.05, 3.63) is 35.6 Å². The smallest absolute Gasteiger partial charge is 0.223 e. The Morgan fingerprint density at radius 1 is 1.43 bits per heavy atom. The van der Waals surface area contributed by atoms with E-state index >= 15 is 0 Å². The third-order valence-corrected chi connectivity index (χ3v) is 4.63. The second-order valence-electron chi connectivity index (χ2n) is 6.64. The van der Waals surface area contributed by atoms with Gasteiger partial charge in [-0.2, -0.15) is 0 Å². The predicted octanol–water partition coefficient (Wildman–Crippen LogP) is 2.14. The lowest BCUT2D eigenvalue weighted by molar-refractivity contribution is -0.125. The number of carbonyl (C=O) groups is 1. The van der Waals surface area contributed by atoms with Crippen molar-refractivity contribution >= 4 is 5.91 Å². The van der Waals surface area contributed by atoms with E-state index in [-0.39, 0.29) is 23.1 Å². The molecule has 1 atom stereocenters. The molecule has 1 aromatic carbocycles. The fourth-order valence-corrected chi connectivity index (χ4v) is 3.19. The van der Waals surface area contributed by atoms with E-state index in [4.69, 9.17) is 4.74 Å². The number of carbonyl (C=O) groups excluding carboxylic acids is 1. The minimum absolute atomic E-state index is 0.0169. The third-order valence-electron chi connectivity index (χ3n) is 4.63. The lowest BCUT2D eigenvalue weighted by atomic mass is 9.79. The molecule has 4 nitrogen and oxygen atoms in total. The summed E-state index contributed by atoms with van der Waals surface area (Å²) in [5.41, 5.74) is 0.870. The molecule has 1 aliphatic heterocycles. The fourth-order valence-electron chi connectivity index (χ4n) is 3.19. The first kappa shape index (κ1) is 17.9. The molecular weight excluding hydrogens is 295 g/mol. The van der Waals surface area contributed by atoms with E-state index < -0.39 is 0 Å². The summed E-state index contributed by atoms with van der Waals surface area (Å²) in [5.74, 6) is -0.426. The average Bonchev–Trinajstić information content (AvgIpc) is 2.54. The van der Waals surface area contributed by atoms with Gasteiger partial charge in [-0.15, -0.1) is 0 Å². The Morgan fingerprint density at radius 3 is 2.83 bits per heavy atom. The molecule has 0 saturated carbocycles. The average molecular weight is 322 g/mol. The molecule has 1 aliphatic rings. The largest absolute Gasteiger partial charge is 0.384 e. The minimum Gasteiger partial charge on any atom is -0.384 e. The number of nitrogens with one attached hydrogen (secondary N) is 2. The number of rotatable bonds is 7. The number of methoxy groups -OCH3 is 1. The van der Waals surface area contributed by atoms with Crippen molar-refractivity contribution in [2.75, 3.05) is 33.4 Å². The first-order chi connectivity index (χ1) is 11.0. The van der Waals surface area contributed by atoms with Gasteiger partial charge in [-0.25, -0.2) is 4.39 Å². The summed E-state index contributed by atoms with van der Waals surface area (Å²) in [7, 11) is 1.71. The summed E-state index contributed by atoms with van der Waals surface area (Å²) in [6.07, 6.45) is 2.54. The highest BCUT2D eigenvalue weighted by molar-refractivity contribution is 5.78. The van der Waals surface area contributed by atoms with Crippen LogP contribution in [-0.4, -0.2) is 39.3 Å². The summed E-state index contributed by atoms with van der Waals surface area (Å²) in [4.78, 5) is 12.4. The molecule has 0 aliphatic carbocycles. The van der Waals surface area contributed by atoms with Gasteiger partial charge in [0, 0.05) is 25.0 Å². The summed E-state index contributed by atoms with van der Waals surface area (Å²) < 4.78 is 18.6. The second-order valence-corrected chi connectivity index (χ2v) is 6.64. The van der Waals surface area contributed by atoms with Crippen LogP contribution in [-0.2, 0) is 16.0 Å². The normalized spacial score (nSPS) is 18.4. The van der Waals surface area contributed by atoms with Crippen LogP contribution in [0.2, 0.25) is 0 Å². The van der Waals surface area contributed by atoms with Crippen molar-refractivity contribution in [1.82, 2.24) is 10.6 Å². The Balaban J connectivity index is 1.87. The van der Waals surface area contributed by atoms with Crippen LogP contribution in [0.25, 0.3) is 0 Å². The molecule has 23 heavy (non-hydrogen) atoms. The van der Waals surface area contributed by atoms with Gasteiger partial charge in [0.15, 0.2) is 0 Å². The van der Waals surface area contributed by atoms with Crippen molar-refractivity contribution in [1.29, 1.82) is 0 Å². The lowest BCUT2D eigenvalue weighted by Gasteiger charge is -2.37. The predicted molar refractivity (Wildman–Crippen MR) is 88.7 cm³/mol. The third kappa shape index (κ3) is 5.29. The van der Waals surface area contributed by atoms with E-state index in [0.29, 0.717) is 19.6 Å². The number of hydrogen-bond donors (Lipinski definition) is 2. The zero-order valence-electron chi connectivity index (χ0n) is 14.0. The summed E-state index contributed by atoms with van der Waals surface area (Å²) in [6, 6.07) is 6.44. The monoisotopic (exact) mass is 322 g/mol. The first-order valence-corrected chi connectivity index (χ1v) is 8.26. The lowest BCUT2D eigenvalue weighted by Crippen LogP contribution is -2.48. The maximum atomic E-state index is 13.2. The minimum atomic E-state index is -0.260. The Bertz CT molecular complexity index is 510. The van der Waals surface area contributed by atoms with Gasteiger partial charge in [0.25, 0.3) is 0 Å². The molecule has 1 fully saturated rings. The first-order valence-electron chi connectivity index (χ1n) is 8.26. The molecule has 2 N–H and O–H groups in total. The van der Waals surface area contributed by atoms with Crippen LogP contribution >= 0.6 is 0 Å². The number of benzene rings is 1. The van der Waals surface area contributed by atoms with Crippen LogP contribution in [0.15, 0.2) is 24.3 Å². The molecule has 128 valence electrons. The van der Waals surface area contributed by atoms with Crippen LogP contribution in [0.3, 0.4) is 0 Å². The van der Waals surface area contributed by atoms with E-state index in [0.717, 1.165) is 31.5 Å². The molecule has 1 aromatic rings. The van der Waals surface area contributed by atoms with Crippen molar-refractivity contribution in [2.45, 2.75) is 26.2 Å². The summed E-state index contributed by atoms with van der Waals surface area (Å²) >= 11 is 0. The highest BCUT2D eigenvalue weighted by Gasteiger charge is 2.32. The second kappa shape index (κ2) is 8.41.